The third kappa shape index (κ3) is 3.78. The lowest BCUT2D eigenvalue weighted by Gasteiger charge is -2.25. The summed E-state index contributed by atoms with van der Waals surface area (Å²) in [4.78, 5) is 25.2. The number of carbonyl (C=O) groups is 2. The zero-order valence-electron chi connectivity index (χ0n) is 11.4. The molecule has 0 unspecified atom stereocenters. The monoisotopic (exact) mass is 323 g/mol. The van der Waals surface area contributed by atoms with Crippen LogP contribution in [-0.2, 0) is 30.8 Å². The van der Waals surface area contributed by atoms with Crippen LogP contribution in [0.25, 0.3) is 5.53 Å². The molecule has 1 aromatic carbocycles. The molecule has 1 heterocycles. The van der Waals surface area contributed by atoms with Gasteiger partial charge in [-0.1, -0.05) is 30.3 Å². The fourth-order valence-electron chi connectivity index (χ4n) is 1.77. The lowest BCUT2D eigenvalue weighted by Crippen LogP contribution is -2.54. The van der Waals surface area contributed by atoms with E-state index in [9.17, 15) is 18.0 Å². The number of carbonyl (C=O) groups excluding carboxylic acids is 2. The average Bonchev–Trinajstić information content (AvgIpc) is 2.48. The molecule has 1 atom stereocenters. The van der Waals surface area contributed by atoms with Crippen LogP contribution in [0.5, 0.6) is 0 Å². The van der Waals surface area contributed by atoms with Gasteiger partial charge in [-0.2, -0.15) is 4.79 Å². The lowest BCUT2D eigenvalue weighted by atomic mass is 10.2. The average molecular weight is 323 g/mol. The molecular formula is C13H13N3O5S. The number of amides is 1. The van der Waals surface area contributed by atoms with Crippen LogP contribution in [0.4, 0.5) is 0 Å². The first kappa shape index (κ1) is 15.9. The summed E-state index contributed by atoms with van der Waals surface area (Å²) in [6.07, 6.45) is -0.167. The molecule has 1 saturated heterocycles. The van der Waals surface area contributed by atoms with Gasteiger partial charge < -0.3 is 15.6 Å². The third-order valence-corrected chi connectivity index (χ3v) is 4.86. The first-order valence-electron chi connectivity index (χ1n) is 6.35. The predicted octanol–water partition coefficient (Wildman–Crippen LogP) is -0.339. The molecule has 1 N–H and O–H groups in total. The molecule has 0 aromatic heterocycles. The van der Waals surface area contributed by atoms with E-state index in [0.29, 0.717) is 5.56 Å². The largest absolute Gasteiger partial charge is 0.452 e. The summed E-state index contributed by atoms with van der Waals surface area (Å²) >= 11 is 0. The summed E-state index contributed by atoms with van der Waals surface area (Å²) in [7, 11) is -3.82. The molecule has 0 aliphatic carbocycles. The Hall–Kier alpha value is -2.51. The smallest absolute Gasteiger partial charge is 0.418 e. The Morgan fingerprint density at radius 2 is 2.00 bits per heavy atom. The van der Waals surface area contributed by atoms with Gasteiger partial charge in [0.1, 0.15) is 12.0 Å². The van der Waals surface area contributed by atoms with Crippen LogP contribution in [0.15, 0.2) is 30.3 Å². The number of sulfone groups is 1. The van der Waals surface area contributed by atoms with Crippen molar-refractivity contribution in [2.45, 2.75) is 18.4 Å². The van der Waals surface area contributed by atoms with Gasteiger partial charge in [0.05, 0.1) is 6.42 Å². The van der Waals surface area contributed by atoms with Crippen molar-refractivity contribution < 1.29 is 27.5 Å². The van der Waals surface area contributed by atoms with Crippen molar-refractivity contribution in [3.8, 4) is 0 Å². The highest BCUT2D eigenvalue weighted by molar-refractivity contribution is 7.92. The minimum Gasteiger partial charge on any atom is -0.452 e. The van der Waals surface area contributed by atoms with Crippen molar-refractivity contribution >= 4 is 27.4 Å². The number of hydrogen-bond donors (Lipinski definition) is 1. The van der Waals surface area contributed by atoms with Gasteiger partial charge in [0.2, 0.25) is 5.91 Å². The Labute approximate surface area is 126 Å². The van der Waals surface area contributed by atoms with Gasteiger partial charge in [-0.25, -0.2) is 13.2 Å². The number of nitrogens with zero attached hydrogens (tertiary/aromatic N) is 2. The lowest BCUT2D eigenvalue weighted by molar-refractivity contribution is -0.141. The number of benzene rings is 1. The van der Waals surface area contributed by atoms with Crippen molar-refractivity contribution in [1.82, 2.24) is 5.32 Å². The predicted molar refractivity (Wildman–Crippen MR) is 75.2 cm³/mol. The minimum atomic E-state index is -3.82. The summed E-state index contributed by atoms with van der Waals surface area (Å²) < 4.78 is 28.7. The van der Waals surface area contributed by atoms with E-state index in [4.69, 9.17) is 10.3 Å². The first-order valence-corrected chi connectivity index (χ1v) is 8.07. The summed E-state index contributed by atoms with van der Waals surface area (Å²) in [5.74, 6) is -2.22. The van der Waals surface area contributed by atoms with Crippen LogP contribution in [0.3, 0.4) is 0 Å². The molecule has 1 fully saturated rings. The maximum Gasteiger partial charge on any atom is 0.418 e. The Morgan fingerprint density at radius 3 is 2.55 bits per heavy atom. The molecule has 0 radical (unpaired) electrons. The van der Waals surface area contributed by atoms with Gasteiger partial charge in [-0.3, -0.25) is 4.79 Å². The highest BCUT2D eigenvalue weighted by Gasteiger charge is 2.41. The highest BCUT2D eigenvalue weighted by atomic mass is 32.2. The number of hydrogen-bond acceptors (Lipinski definition) is 5. The second-order valence-corrected chi connectivity index (χ2v) is 6.86. The van der Waals surface area contributed by atoms with Gasteiger partial charge in [-0.15, -0.1) is 0 Å². The summed E-state index contributed by atoms with van der Waals surface area (Å²) in [5.41, 5.74) is 8.90. The van der Waals surface area contributed by atoms with E-state index in [2.05, 4.69) is 10.1 Å². The first-order chi connectivity index (χ1) is 10.4. The molecule has 1 aliphatic heterocycles. The van der Waals surface area contributed by atoms with E-state index in [1.807, 2.05) is 0 Å². The van der Waals surface area contributed by atoms with Crippen molar-refractivity contribution in [1.29, 1.82) is 0 Å². The second-order valence-electron chi connectivity index (χ2n) is 4.68. The summed E-state index contributed by atoms with van der Waals surface area (Å²) in [6.45, 7) is -0.0705. The number of rotatable bonds is 6. The quantitative estimate of drug-likeness (QED) is 0.252. The molecule has 2 rings (SSSR count). The van der Waals surface area contributed by atoms with E-state index < -0.39 is 32.6 Å². The Kier molecular flexibility index (Phi) is 4.69. The fraction of sp³-hybridized carbons (Fsp3) is 0.308. The SMILES string of the molecule is [N-]=[N+]=C(CS(=O)(=O)[C@@H]1CC(=O)N1)C(=O)OCc1ccccc1. The molecule has 22 heavy (non-hydrogen) atoms. The second kappa shape index (κ2) is 6.50. The molecule has 0 bridgehead atoms. The molecule has 9 heteroatoms. The molecule has 1 amide bonds. The van der Waals surface area contributed by atoms with Crippen molar-refractivity contribution in [2.24, 2.45) is 0 Å². The molecule has 0 spiro atoms. The van der Waals surface area contributed by atoms with E-state index >= 15 is 0 Å². The zero-order valence-corrected chi connectivity index (χ0v) is 12.2. The Bertz CT molecular complexity index is 730. The van der Waals surface area contributed by atoms with Crippen molar-refractivity contribution in [3.05, 3.63) is 41.4 Å². The Balaban J connectivity index is 1.95. The van der Waals surface area contributed by atoms with Crippen LogP contribution in [0, 0.1) is 0 Å². The number of esters is 1. The fourth-order valence-corrected chi connectivity index (χ4v) is 3.24. The molecular weight excluding hydrogens is 310 g/mol. The van der Waals surface area contributed by atoms with Gasteiger partial charge in [0.15, 0.2) is 15.6 Å². The minimum absolute atomic E-state index is 0.0705. The third-order valence-electron chi connectivity index (χ3n) is 3.03. The van der Waals surface area contributed by atoms with Crippen molar-refractivity contribution in [2.75, 3.05) is 5.75 Å². The van der Waals surface area contributed by atoms with E-state index in [0.717, 1.165) is 0 Å². The van der Waals surface area contributed by atoms with Gasteiger partial charge in [0, 0.05) is 0 Å². The molecule has 116 valence electrons. The summed E-state index contributed by atoms with van der Waals surface area (Å²) in [5, 5.41) is 1.14. The molecule has 1 aromatic rings. The summed E-state index contributed by atoms with van der Waals surface area (Å²) in [6, 6.07) is 8.76. The topological polar surface area (TPSA) is 126 Å². The van der Waals surface area contributed by atoms with Crippen LogP contribution in [0.2, 0.25) is 0 Å². The van der Waals surface area contributed by atoms with E-state index in [-0.39, 0.29) is 18.9 Å². The van der Waals surface area contributed by atoms with Crippen LogP contribution in [-0.4, -0.2) is 41.9 Å². The maximum absolute atomic E-state index is 11.9. The van der Waals surface area contributed by atoms with Gasteiger partial charge in [0.25, 0.3) is 0 Å². The van der Waals surface area contributed by atoms with E-state index in [1.54, 1.807) is 30.3 Å². The van der Waals surface area contributed by atoms with Crippen LogP contribution in [0.1, 0.15) is 12.0 Å². The van der Waals surface area contributed by atoms with Gasteiger partial charge >= 0.3 is 11.7 Å². The van der Waals surface area contributed by atoms with Gasteiger partial charge in [-0.05, 0) is 5.56 Å². The van der Waals surface area contributed by atoms with E-state index in [1.165, 1.54) is 0 Å². The molecule has 0 saturated carbocycles. The molecule has 1 aliphatic rings. The van der Waals surface area contributed by atoms with Crippen LogP contribution >= 0.6 is 0 Å². The zero-order chi connectivity index (χ0) is 16.2. The number of ether oxygens (including phenoxy) is 1. The van der Waals surface area contributed by atoms with Crippen LogP contribution < -0.4 is 5.32 Å². The molecule has 8 nitrogen and oxygen atoms in total. The normalized spacial score (nSPS) is 16.9. The van der Waals surface area contributed by atoms with Crippen molar-refractivity contribution in [3.63, 3.8) is 0 Å². The number of nitrogens with one attached hydrogen (secondary N) is 1. The number of β-lactam (4-membered cyclic amide) rings is 1. The standard InChI is InChI=1S/C13H13N3O5S/c14-16-10(8-22(19,20)12-6-11(17)15-12)13(18)21-7-9-4-2-1-3-5-9/h1-5,12H,6-8H2,(H,15,17)/t12-/m1/s1. The maximum atomic E-state index is 11.9. The Morgan fingerprint density at radius 1 is 1.36 bits per heavy atom. The highest BCUT2D eigenvalue weighted by Crippen LogP contribution is 2.13.